The molecular weight excluding hydrogens is 1090 g/mol. The number of carboxylic acid groups (broad SMARTS) is 1. The first-order chi connectivity index (χ1) is 40.0. The molecule has 4 heterocycles. The van der Waals surface area contributed by atoms with Crippen LogP contribution in [0.15, 0.2) is 72.2 Å². The van der Waals surface area contributed by atoms with Crippen molar-refractivity contribution in [3.63, 3.8) is 0 Å². The normalized spacial score (nSPS) is 17.4. The number of carbonyl (C=O) groups excluding carboxylic acids is 9. The Balaban J connectivity index is 1.22. The number of aromatic nitrogens is 3. The highest BCUT2D eigenvalue weighted by molar-refractivity contribution is 5.99. The lowest BCUT2D eigenvalue weighted by atomic mass is 9.98. The van der Waals surface area contributed by atoms with Crippen molar-refractivity contribution in [2.24, 2.45) is 28.3 Å². The summed E-state index contributed by atoms with van der Waals surface area (Å²) in [7, 11) is 0. The van der Waals surface area contributed by atoms with E-state index in [1.807, 2.05) is 0 Å². The first-order valence-electron chi connectivity index (χ1n) is 27.9. The number of para-hydroxylation sites is 1. The number of aliphatic hydroxyl groups excluding tert-OH is 1. The molecule has 2 aliphatic heterocycles. The van der Waals surface area contributed by atoms with E-state index >= 15 is 0 Å². The molecule has 9 amide bonds. The molecule has 4 aromatic rings. The summed E-state index contributed by atoms with van der Waals surface area (Å²) in [5.74, 6) is -9.05. The number of aromatic hydroxyl groups is 1. The number of aromatic amines is 2. The van der Waals surface area contributed by atoms with Gasteiger partial charge in [0.1, 0.15) is 60.1 Å². The summed E-state index contributed by atoms with van der Waals surface area (Å²) in [4.78, 5) is 153. The summed E-state index contributed by atoms with van der Waals surface area (Å²) in [6.07, 6.45) is 5.44. The summed E-state index contributed by atoms with van der Waals surface area (Å²) < 4.78 is 0. The van der Waals surface area contributed by atoms with Gasteiger partial charge in [-0.2, -0.15) is 0 Å². The molecule has 454 valence electrons. The molecule has 2 aromatic heterocycles. The van der Waals surface area contributed by atoms with E-state index in [9.17, 15) is 63.3 Å². The number of nitrogens with one attached hydrogen (secondary N) is 10. The predicted octanol–water partition coefficient (Wildman–Crippen LogP) is -1.36. The minimum Gasteiger partial charge on any atom is -0.508 e. The van der Waals surface area contributed by atoms with Gasteiger partial charge in [-0.25, -0.2) is 9.78 Å². The zero-order valence-electron chi connectivity index (χ0n) is 47.3. The summed E-state index contributed by atoms with van der Waals surface area (Å²) in [5, 5.41) is 52.7. The van der Waals surface area contributed by atoms with Crippen LogP contribution in [0.25, 0.3) is 10.9 Å². The minimum atomic E-state index is -1.79. The van der Waals surface area contributed by atoms with Crippen LogP contribution in [0.5, 0.6) is 5.75 Å². The fourth-order valence-corrected chi connectivity index (χ4v) is 10.0. The Morgan fingerprint density at radius 1 is 0.726 bits per heavy atom. The van der Waals surface area contributed by atoms with Gasteiger partial charge in [-0.1, -0.05) is 58.0 Å². The Kier molecular flexibility index (Phi) is 23.1. The number of aliphatic imine (C=N–C) groups is 1. The lowest BCUT2D eigenvalue weighted by Crippen LogP contribution is -2.60. The van der Waals surface area contributed by atoms with Crippen molar-refractivity contribution < 1.29 is 63.3 Å². The van der Waals surface area contributed by atoms with E-state index in [0.29, 0.717) is 28.6 Å². The number of aliphatic hydroxyl groups is 1. The molecule has 9 atom stereocenters. The monoisotopic (exact) mass is 1170 g/mol. The van der Waals surface area contributed by atoms with Gasteiger partial charge >= 0.3 is 5.97 Å². The maximum Gasteiger partial charge on any atom is 0.326 e. The number of nitrogens with zero attached hydrogens (tertiary/aromatic N) is 3. The standard InChI is InChI=1S/C56H77N15O13/c1-29(2)21-39(48(76)64-38(11-7-19-60-56(57)58)54(82)71-20-8-12-44(71)55(83)84)65-49(77)40(22-30(3)4)68-53(81)46(31-13-15-34(73)16-14-31)70-52(80)43(27-72)69-50(78)41(23-32-25-61-36-10-6-5-9-35(32)36)66-51(79)42(24-33-26-59-28-62-33)67-47(75)37-17-18-45(74)63-37/h5-6,9-10,13-16,25-26,28-30,37-44,46,61,72-73H,7-8,11-12,17-24,27H2,1-4H3,(H,59,62)(H,63,74)(H,64,76)(H,65,77)(H,66,79)(H,67,75)(H,68,81)(H,69,78)(H,70,80)(H,83,84)(H4,57,58,60)/t37-,38-,39-,40+,41-,42-,43-,44-,46-/m0/s1. The Labute approximate surface area is 484 Å². The molecule has 84 heavy (non-hydrogen) atoms. The fourth-order valence-electron chi connectivity index (χ4n) is 10.0. The van der Waals surface area contributed by atoms with Crippen molar-refractivity contribution >= 4 is 76.0 Å². The number of guanidine groups is 1. The van der Waals surface area contributed by atoms with Gasteiger partial charge in [0.25, 0.3) is 0 Å². The molecular formula is C56H77N15O13. The molecule has 0 bridgehead atoms. The van der Waals surface area contributed by atoms with E-state index in [-0.39, 0.29) is 106 Å². The van der Waals surface area contributed by atoms with Crippen LogP contribution in [0.4, 0.5) is 0 Å². The van der Waals surface area contributed by atoms with Gasteiger partial charge in [-0.15, -0.1) is 0 Å². The van der Waals surface area contributed by atoms with E-state index in [1.165, 1.54) is 41.7 Å². The van der Waals surface area contributed by atoms with Crippen molar-refractivity contribution in [2.45, 2.75) is 146 Å². The first-order valence-corrected chi connectivity index (χ1v) is 27.9. The van der Waals surface area contributed by atoms with Crippen LogP contribution in [0.1, 0.15) is 102 Å². The van der Waals surface area contributed by atoms with Gasteiger partial charge in [-0.05, 0) is 86.1 Å². The number of nitrogens with two attached hydrogens (primary N) is 2. The molecule has 0 saturated carbocycles. The molecule has 2 saturated heterocycles. The number of carboxylic acids is 1. The second-order valence-corrected chi connectivity index (χ2v) is 21.8. The van der Waals surface area contributed by atoms with Gasteiger partial charge < -0.3 is 84.2 Å². The molecule has 6 rings (SSSR count). The van der Waals surface area contributed by atoms with Crippen molar-refractivity contribution in [2.75, 3.05) is 19.7 Å². The molecule has 2 aliphatic rings. The van der Waals surface area contributed by atoms with Crippen LogP contribution >= 0.6 is 0 Å². The molecule has 17 N–H and O–H groups in total. The largest absolute Gasteiger partial charge is 0.508 e. The molecule has 28 heteroatoms. The number of amides is 9. The number of aliphatic carboxylic acids is 1. The third-order valence-electron chi connectivity index (χ3n) is 14.3. The molecule has 28 nitrogen and oxygen atoms in total. The molecule has 2 aromatic carbocycles. The summed E-state index contributed by atoms with van der Waals surface area (Å²) >= 11 is 0. The van der Waals surface area contributed by atoms with Crippen molar-refractivity contribution in [3.05, 3.63) is 84.1 Å². The van der Waals surface area contributed by atoms with Crippen LogP contribution in [0.3, 0.4) is 0 Å². The number of phenolic OH excluding ortho intramolecular Hbond substituents is 1. The number of rotatable bonds is 30. The maximum atomic E-state index is 14.6. The highest BCUT2D eigenvalue weighted by Crippen LogP contribution is 2.23. The van der Waals surface area contributed by atoms with Crippen molar-refractivity contribution in [1.29, 1.82) is 0 Å². The van der Waals surface area contributed by atoms with Crippen LogP contribution in [0, 0.1) is 11.8 Å². The highest BCUT2D eigenvalue weighted by atomic mass is 16.4. The number of fused-ring (bicyclic) bond motifs is 1. The summed E-state index contributed by atoms with van der Waals surface area (Å²) in [6, 6.07) is 0.191. The Morgan fingerprint density at radius 3 is 1.92 bits per heavy atom. The number of phenols is 1. The molecule has 0 radical (unpaired) electrons. The maximum absolute atomic E-state index is 14.6. The molecule has 2 fully saturated rings. The second kappa shape index (κ2) is 30.3. The van der Waals surface area contributed by atoms with Crippen LogP contribution in [0.2, 0.25) is 0 Å². The third kappa shape index (κ3) is 18.2. The van der Waals surface area contributed by atoms with Crippen LogP contribution in [-0.2, 0) is 60.8 Å². The van der Waals surface area contributed by atoms with Gasteiger partial charge in [0.05, 0.1) is 12.9 Å². The van der Waals surface area contributed by atoms with Crippen LogP contribution < -0.4 is 54.0 Å². The van der Waals surface area contributed by atoms with E-state index in [1.54, 1.807) is 58.2 Å². The number of benzene rings is 2. The Morgan fingerprint density at radius 2 is 1.32 bits per heavy atom. The lowest BCUT2D eigenvalue weighted by Gasteiger charge is -2.30. The molecule has 0 aliphatic carbocycles. The number of likely N-dealkylation sites (tertiary alicyclic amines) is 1. The number of carbonyl (C=O) groups is 10. The van der Waals surface area contributed by atoms with E-state index in [4.69, 9.17) is 11.5 Å². The zero-order chi connectivity index (χ0) is 61.2. The third-order valence-corrected chi connectivity index (χ3v) is 14.3. The van der Waals surface area contributed by atoms with Gasteiger partial charge in [0, 0.05) is 61.3 Å². The average Bonchev–Trinajstić information content (AvgIpc) is 4.47. The number of imidazole rings is 1. The Hall–Kier alpha value is -9.08. The summed E-state index contributed by atoms with van der Waals surface area (Å²) in [6.45, 7) is 6.38. The van der Waals surface area contributed by atoms with Gasteiger partial charge in [0.15, 0.2) is 5.96 Å². The molecule has 0 spiro atoms. The Bertz CT molecular complexity index is 3000. The van der Waals surface area contributed by atoms with Crippen molar-refractivity contribution in [3.8, 4) is 5.75 Å². The SMILES string of the molecule is CC(C)C[C@H](NC(=O)[C@@H](CC(C)C)NC(=O)[C@@H](NC(=O)[C@H](CO)NC(=O)[C@H](Cc1c[nH]c2ccccc12)NC(=O)[C@H](Cc1cnc[nH]1)NC(=O)[C@@H]1CCC(=O)N1)c1ccc(O)cc1)C(=O)N[C@@H](CCCN=C(N)N)C(=O)N1CCC[C@H]1C(=O)O. The highest BCUT2D eigenvalue weighted by Gasteiger charge is 2.40. The fraction of sp³-hybridized carbons (Fsp3) is 0.500. The van der Waals surface area contributed by atoms with Gasteiger partial charge in [0.2, 0.25) is 53.2 Å². The van der Waals surface area contributed by atoms with E-state index < -0.39 is 114 Å². The predicted molar refractivity (Wildman–Crippen MR) is 304 cm³/mol. The number of hydrogen-bond acceptors (Lipinski definition) is 14. The van der Waals surface area contributed by atoms with Gasteiger partial charge in [-0.3, -0.25) is 48.1 Å². The zero-order valence-corrected chi connectivity index (χ0v) is 47.3. The number of H-pyrrole nitrogens is 2. The van der Waals surface area contributed by atoms with E-state index in [0.717, 1.165) is 0 Å². The van der Waals surface area contributed by atoms with Crippen molar-refractivity contribution in [1.82, 2.24) is 62.4 Å². The second-order valence-electron chi connectivity index (χ2n) is 21.8. The smallest absolute Gasteiger partial charge is 0.326 e. The number of hydrogen-bond donors (Lipinski definition) is 15. The topological polar surface area (TPSA) is 440 Å². The minimum absolute atomic E-state index is 0.00368. The average molecular weight is 1170 g/mol. The quantitative estimate of drug-likeness (QED) is 0.0163. The lowest BCUT2D eigenvalue weighted by molar-refractivity contribution is -0.149. The molecule has 0 unspecified atom stereocenters. The summed E-state index contributed by atoms with van der Waals surface area (Å²) in [5.41, 5.74) is 12.8. The van der Waals surface area contributed by atoms with Crippen LogP contribution in [-0.4, -0.2) is 168 Å². The first kappa shape index (κ1) is 64.1. The van der Waals surface area contributed by atoms with E-state index in [2.05, 4.69) is 62.5 Å².